The summed E-state index contributed by atoms with van der Waals surface area (Å²) < 4.78 is 22.7. The van der Waals surface area contributed by atoms with Gasteiger partial charge in [-0.05, 0) is 36.8 Å². The van der Waals surface area contributed by atoms with Crippen molar-refractivity contribution in [3.8, 4) is 11.5 Å². The van der Waals surface area contributed by atoms with Gasteiger partial charge in [-0.25, -0.2) is 0 Å². The molecule has 2 aromatic carbocycles. The molecule has 2 aliphatic rings. The van der Waals surface area contributed by atoms with Gasteiger partial charge in [0.05, 0.1) is 57.0 Å². The lowest BCUT2D eigenvalue weighted by atomic mass is 9.98. The molecule has 2 aliphatic heterocycles. The van der Waals surface area contributed by atoms with Crippen LogP contribution in [0, 0.1) is 0 Å². The number of hydrogen-bond acceptors (Lipinski definition) is 6. The fourth-order valence-corrected chi connectivity index (χ4v) is 4.86. The van der Waals surface area contributed by atoms with Crippen LogP contribution in [0.1, 0.15) is 34.6 Å². The summed E-state index contributed by atoms with van der Waals surface area (Å²) >= 11 is 0. The van der Waals surface area contributed by atoms with E-state index < -0.39 is 6.04 Å². The normalized spacial score (nSPS) is 18.4. The molecule has 0 aliphatic carbocycles. The molecular formula is C26H29N2O6+. The number of carbonyl (C=O) groups excluding carboxylic acids is 1. The number of fused-ring (bicyclic) bond motifs is 2. The van der Waals surface area contributed by atoms with Crippen molar-refractivity contribution >= 4 is 16.9 Å². The average molecular weight is 466 g/mol. The Labute approximate surface area is 197 Å². The highest BCUT2D eigenvalue weighted by Crippen LogP contribution is 2.40. The third-order valence-corrected chi connectivity index (χ3v) is 6.58. The molecule has 3 heterocycles. The second kappa shape index (κ2) is 9.48. The predicted molar refractivity (Wildman–Crippen MR) is 126 cm³/mol. The number of nitrogens with one attached hydrogen (secondary N) is 1. The van der Waals surface area contributed by atoms with Gasteiger partial charge in [-0.15, -0.1) is 0 Å². The van der Waals surface area contributed by atoms with E-state index in [1.165, 1.54) is 4.90 Å². The molecule has 0 bridgehead atoms. The third kappa shape index (κ3) is 3.93. The van der Waals surface area contributed by atoms with Gasteiger partial charge in [0.2, 0.25) is 5.76 Å². The van der Waals surface area contributed by atoms with Crippen LogP contribution >= 0.6 is 0 Å². The van der Waals surface area contributed by atoms with Crippen LogP contribution in [-0.2, 0) is 4.74 Å². The predicted octanol–water partition coefficient (Wildman–Crippen LogP) is 1.66. The number of benzene rings is 2. The summed E-state index contributed by atoms with van der Waals surface area (Å²) in [4.78, 5) is 30.3. The first kappa shape index (κ1) is 22.4. The first-order chi connectivity index (χ1) is 16.6. The van der Waals surface area contributed by atoms with Gasteiger partial charge in [0, 0.05) is 0 Å². The van der Waals surface area contributed by atoms with Crippen LogP contribution < -0.4 is 19.8 Å². The van der Waals surface area contributed by atoms with E-state index in [-0.39, 0.29) is 17.1 Å². The van der Waals surface area contributed by atoms with E-state index in [0.29, 0.717) is 54.4 Å². The van der Waals surface area contributed by atoms with E-state index in [2.05, 4.69) is 0 Å². The smallest absolute Gasteiger partial charge is 0.291 e. The van der Waals surface area contributed by atoms with Crippen molar-refractivity contribution in [3.05, 3.63) is 69.6 Å². The minimum atomic E-state index is -0.562. The topological polar surface area (TPSA) is 82.7 Å². The third-order valence-electron chi connectivity index (χ3n) is 6.58. The van der Waals surface area contributed by atoms with Crippen molar-refractivity contribution in [2.45, 2.75) is 13.0 Å². The highest BCUT2D eigenvalue weighted by molar-refractivity contribution is 5.99. The number of morpholine rings is 1. The van der Waals surface area contributed by atoms with Crippen LogP contribution in [0.5, 0.6) is 11.5 Å². The lowest BCUT2D eigenvalue weighted by Crippen LogP contribution is -3.14. The van der Waals surface area contributed by atoms with E-state index in [4.69, 9.17) is 18.6 Å². The highest BCUT2D eigenvalue weighted by atomic mass is 16.5. The molecule has 1 amide bonds. The molecule has 8 heteroatoms. The molecule has 5 rings (SSSR count). The summed E-state index contributed by atoms with van der Waals surface area (Å²) in [5.74, 6) is 1.04. The minimum absolute atomic E-state index is 0.124. The number of quaternary nitrogens is 1. The monoisotopic (exact) mass is 465 g/mol. The maximum atomic E-state index is 13.6. The summed E-state index contributed by atoms with van der Waals surface area (Å²) in [7, 11) is 1.58. The van der Waals surface area contributed by atoms with Gasteiger partial charge in [-0.3, -0.25) is 9.59 Å². The van der Waals surface area contributed by atoms with Crippen LogP contribution in [0.25, 0.3) is 11.0 Å². The Hall–Kier alpha value is -3.36. The number of methoxy groups -OCH3 is 1. The van der Waals surface area contributed by atoms with Crippen molar-refractivity contribution in [1.29, 1.82) is 0 Å². The molecule has 1 aromatic heterocycles. The summed E-state index contributed by atoms with van der Waals surface area (Å²) in [6, 6.07) is 12.1. The number of hydrogen-bond donors (Lipinski definition) is 1. The van der Waals surface area contributed by atoms with E-state index in [1.807, 2.05) is 25.1 Å². The second-order valence-corrected chi connectivity index (χ2v) is 8.53. The maximum Gasteiger partial charge on any atom is 0.291 e. The van der Waals surface area contributed by atoms with Crippen LogP contribution in [-0.4, -0.2) is 63.9 Å². The van der Waals surface area contributed by atoms with Crippen LogP contribution in [0.3, 0.4) is 0 Å². The second-order valence-electron chi connectivity index (χ2n) is 8.53. The van der Waals surface area contributed by atoms with E-state index in [9.17, 15) is 9.59 Å². The Morgan fingerprint density at radius 3 is 2.65 bits per heavy atom. The van der Waals surface area contributed by atoms with E-state index in [0.717, 1.165) is 25.2 Å². The molecule has 0 radical (unpaired) electrons. The summed E-state index contributed by atoms with van der Waals surface area (Å²) in [5, 5.41) is 0.470. The average Bonchev–Trinajstić information content (AvgIpc) is 3.15. The summed E-state index contributed by atoms with van der Waals surface area (Å²) in [5.41, 5.74) is 1.41. The lowest BCUT2D eigenvalue weighted by Gasteiger charge is -2.29. The van der Waals surface area contributed by atoms with Crippen LogP contribution in [0.15, 0.2) is 51.7 Å². The van der Waals surface area contributed by atoms with Crippen molar-refractivity contribution in [1.82, 2.24) is 4.90 Å². The SMILES string of the molecule is CCOc1ccc([C@@H]2c3c(oc4ccccc4c3=O)C(=O)N2CC[NH+]2CCOCC2)cc1OC. The Kier molecular flexibility index (Phi) is 6.26. The quantitative estimate of drug-likeness (QED) is 0.572. The van der Waals surface area contributed by atoms with Crippen molar-refractivity contribution in [2.24, 2.45) is 0 Å². The van der Waals surface area contributed by atoms with Gasteiger partial charge >= 0.3 is 0 Å². The molecule has 3 aromatic rings. The Bertz CT molecular complexity index is 1260. The molecule has 1 saturated heterocycles. The molecule has 34 heavy (non-hydrogen) atoms. The number of para-hydroxylation sites is 1. The van der Waals surface area contributed by atoms with Crippen molar-refractivity contribution in [2.75, 3.05) is 53.1 Å². The molecule has 1 fully saturated rings. The Morgan fingerprint density at radius 2 is 1.88 bits per heavy atom. The molecule has 0 spiro atoms. The van der Waals surface area contributed by atoms with Gasteiger partial charge < -0.3 is 28.4 Å². The summed E-state index contributed by atoms with van der Waals surface area (Å²) in [6.07, 6.45) is 0. The molecule has 1 N–H and O–H groups in total. The van der Waals surface area contributed by atoms with Gasteiger partial charge in [0.25, 0.3) is 5.91 Å². The molecule has 8 nitrogen and oxygen atoms in total. The first-order valence-electron chi connectivity index (χ1n) is 11.7. The first-order valence-corrected chi connectivity index (χ1v) is 11.7. The maximum absolute atomic E-state index is 13.6. The van der Waals surface area contributed by atoms with Crippen molar-refractivity contribution in [3.63, 3.8) is 0 Å². The zero-order chi connectivity index (χ0) is 23.7. The molecule has 0 saturated carbocycles. The molecular weight excluding hydrogens is 436 g/mol. The number of carbonyl (C=O) groups is 1. The fraction of sp³-hybridized carbons (Fsp3) is 0.385. The number of rotatable bonds is 7. The Balaban J connectivity index is 1.60. The number of ether oxygens (including phenoxy) is 3. The lowest BCUT2D eigenvalue weighted by molar-refractivity contribution is -0.907. The highest BCUT2D eigenvalue weighted by Gasteiger charge is 2.43. The fourth-order valence-electron chi connectivity index (χ4n) is 4.86. The minimum Gasteiger partial charge on any atom is -0.493 e. The van der Waals surface area contributed by atoms with Gasteiger partial charge in [-0.1, -0.05) is 18.2 Å². The van der Waals surface area contributed by atoms with E-state index in [1.54, 1.807) is 36.3 Å². The standard InChI is InChI=1S/C26H28N2O6/c1-3-33-20-9-8-17(16-21(20)31-2)23-22-24(29)18-6-4-5-7-19(18)34-25(22)26(30)28(23)11-10-27-12-14-32-15-13-27/h4-9,16,23H,3,10-15H2,1-2H3/p+1/t23-/m1/s1. The van der Waals surface area contributed by atoms with Gasteiger partial charge in [0.15, 0.2) is 16.9 Å². The molecule has 0 unspecified atom stereocenters. The largest absolute Gasteiger partial charge is 0.493 e. The number of amides is 1. The zero-order valence-electron chi connectivity index (χ0n) is 19.5. The zero-order valence-corrected chi connectivity index (χ0v) is 19.5. The van der Waals surface area contributed by atoms with Gasteiger partial charge in [-0.2, -0.15) is 0 Å². The van der Waals surface area contributed by atoms with Crippen LogP contribution in [0.2, 0.25) is 0 Å². The van der Waals surface area contributed by atoms with Gasteiger partial charge in [0.1, 0.15) is 18.7 Å². The summed E-state index contributed by atoms with van der Waals surface area (Å²) in [6.45, 7) is 6.91. The van der Waals surface area contributed by atoms with Crippen molar-refractivity contribution < 1.29 is 28.3 Å². The van der Waals surface area contributed by atoms with E-state index >= 15 is 0 Å². The number of nitrogens with zero attached hydrogens (tertiary/aromatic N) is 1. The molecule has 178 valence electrons. The van der Waals surface area contributed by atoms with Crippen LogP contribution in [0.4, 0.5) is 0 Å². The molecule has 1 atom stereocenters. The Morgan fingerprint density at radius 1 is 1.09 bits per heavy atom.